The van der Waals surface area contributed by atoms with Crippen molar-refractivity contribution in [3.63, 3.8) is 0 Å². The van der Waals surface area contributed by atoms with E-state index in [-0.39, 0.29) is 0 Å². The number of hydrogen-bond acceptors (Lipinski definition) is 1. The Bertz CT molecular complexity index is 93.1. The second-order valence-electron chi connectivity index (χ2n) is 2.08. The van der Waals surface area contributed by atoms with Gasteiger partial charge in [-0.3, -0.25) is 0 Å². The second kappa shape index (κ2) is 5.00. The molecule has 0 aliphatic carbocycles. The van der Waals surface area contributed by atoms with Crippen LogP contribution in [0.1, 0.15) is 12.8 Å². The van der Waals surface area contributed by atoms with Gasteiger partial charge in [0.15, 0.2) is 0 Å². The second-order valence-corrected chi connectivity index (χ2v) is 2.93. The van der Waals surface area contributed by atoms with Crippen molar-refractivity contribution in [2.75, 3.05) is 20.0 Å². The van der Waals surface area contributed by atoms with Crippen molar-refractivity contribution < 1.29 is 0 Å². The van der Waals surface area contributed by atoms with Gasteiger partial charge in [-0.2, -0.15) is 0 Å². The lowest BCUT2D eigenvalue weighted by Gasteiger charge is -2.11. The summed E-state index contributed by atoms with van der Waals surface area (Å²) in [5.74, 6) is 0.702. The van der Waals surface area contributed by atoms with Crippen molar-refractivity contribution in [3.8, 4) is 0 Å². The van der Waals surface area contributed by atoms with E-state index >= 15 is 0 Å². The first kappa shape index (κ1) is 9.18. The van der Waals surface area contributed by atoms with Gasteiger partial charge in [-0.1, -0.05) is 12.2 Å². The van der Waals surface area contributed by atoms with E-state index in [1.54, 1.807) is 0 Å². The zero-order chi connectivity index (χ0) is 7.28. The molecule has 0 heterocycles. The van der Waals surface area contributed by atoms with Gasteiger partial charge in [0.2, 0.25) is 0 Å². The summed E-state index contributed by atoms with van der Waals surface area (Å²) in [5, 5.41) is 0. The molecule has 0 N–H and O–H groups in total. The summed E-state index contributed by atoms with van der Waals surface area (Å²) in [7, 11) is 3.91. The highest BCUT2D eigenvalue weighted by Crippen LogP contribution is 1.96. The largest absolute Gasteiger partial charge is 0.372 e. The molecular weight excluding hydrogens is 154 g/mol. The third kappa shape index (κ3) is 4.67. The van der Waals surface area contributed by atoms with Gasteiger partial charge < -0.3 is 4.90 Å². The number of hydrogen-bond donors (Lipinski definition) is 0. The Kier molecular flexibility index (Phi) is 5.10. The third-order valence-corrected chi connectivity index (χ3v) is 1.86. The van der Waals surface area contributed by atoms with Crippen LogP contribution in [0.5, 0.6) is 0 Å². The molecule has 0 aromatic carbocycles. The smallest absolute Gasteiger partial charge is 0.0774 e. The lowest BCUT2D eigenvalue weighted by atomic mass is 10.3. The molecule has 1 nitrogen and oxygen atoms in total. The molecule has 9 heavy (non-hydrogen) atoms. The third-order valence-electron chi connectivity index (χ3n) is 1.02. The van der Waals surface area contributed by atoms with Crippen LogP contribution in [0.15, 0.2) is 0 Å². The van der Waals surface area contributed by atoms with E-state index in [0.717, 1.165) is 17.8 Å². The van der Waals surface area contributed by atoms with Gasteiger partial charge in [0, 0.05) is 20.0 Å². The molecule has 0 unspecified atom stereocenters. The normalized spacial score (nSPS) is 9.22. The first-order valence-corrected chi connectivity index (χ1v) is 3.89. The highest BCUT2D eigenvalue weighted by molar-refractivity contribution is 7.80. The van der Waals surface area contributed by atoms with Crippen molar-refractivity contribution in [1.29, 1.82) is 0 Å². The number of alkyl halides is 1. The van der Waals surface area contributed by atoms with Gasteiger partial charge in [-0.05, 0) is 12.8 Å². The van der Waals surface area contributed by atoms with Gasteiger partial charge in [-0.15, -0.1) is 11.6 Å². The summed E-state index contributed by atoms with van der Waals surface area (Å²) < 4.78 is 0. The molecule has 0 fully saturated rings. The number of nitrogens with zero attached hydrogens (tertiary/aromatic N) is 1. The van der Waals surface area contributed by atoms with E-state index in [1.165, 1.54) is 0 Å². The van der Waals surface area contributed by atoms with E-state index in [2.05, 4.69) is 0 Å². The lowest BCUT2D eigenvalue weighted by Crippen LogP contribution is -2.19. The molecule has 0 spiro atoms. The van der Waals surface area contributed by atoms with Crippen LogP contribution in [0.4, 0.5) is 0 Å². The predicted octanol–water partition coefficient (Wildman–Crippen LogP) is 1.89. The molecule has 0 amide bonds. The molecule has 0 aliphatic heterocycles. The number of thiocarbonyl (C=S) groups is 1. The number of halogens is 1. The van der Waals surface area contributed by atoms with Crippen LogP contribution in [-0.4, -0.2) is 29.9 Å². The summed E-state index contributed by atoms with van der Waals surface area (Å²) >= 11 is 10.5. The highest BCUT2D eigenvalue weighted by Gasteiger charge is 1.95. The molecule has 0 rings (SSSR count). The van der Waals surface area contributed by atoms with E-state index in [4.69, 9.17) is 23.8 Å². The van der Waals surface area contributed by atoms with Gasteiger partial charge in [0.1, 0.15) is 0 Å². The maximum Gasteiger partial charge on any atom is 0.0774 e. The molecule has 0 radical (unpaired) electrons. The molecule has 0 aliphatic rings. The highest BCUT2D eigenvalue weighted by atomic mass is 35.5. The molecule has 0 saturated carbocycles. The van der Waals surface area contributed by atoms with Crippen molar-refractivity contribution in [3.05, 3.63) is 0 Å². The van der Waals surface area contributed by atoms with Gasteiger partial charge in [-0.25, -0.2) is 0 Å². The van der Waals surface area contributed by atoms with Crippen molar-refractivity contribution >= 4 is 28.8 Å². The molecule has 0 atom stereocenters. The molecule has 0 aromatic rings. The van der Waals surface area contributed by atoms with Crippen LogP contribution in [0.3, 0.4) is 0 Å². The van der Waals surface area contributed by atoms with Crippen molar-refractivity contribution in [2.24, 2.45) is 0 Å². The summed E-state index contributed by atoms with van der Waals surface area (Å²) in [6.45, 7) is 0. The Labute approximate surface area is 67.0 Å². The summed E-state index contributed by atoms with van der Waals surface area (Å²) in [6.07, 6.45) is 1.92. The first-order chi connectivity index (χ1) is 4.18. The zero-order valence-corrected chi connectivity index (χ0v) is 7.43. The van der Waals surface area contributed by atoms with Crippen molar-refractivity contribution in [2.45, 2.75) is 12.8 Å². The fraction of sp³-hybridized carbons (Fsp3) is 0.833. The SMILES string of the molecule is CN(C)C(=S)CCCCl. The van der Waals surface area contributed by atoms with Crippen LogP contribution < -0.4 is 0 Å². The maximum atomic E-state index is 5.47. The molecule has 54 valence electrons. The van der Waals surface area contributed by atoms with Crippen molar-refractivity contribution in [1.82, 2.24) is 4.90 Å². The molecule has 0 saturated heterocycles. The molecule has 0 bridgehead atoms. The monoisotopic (exact) mass is 165 g/mol. The van der Waals surface area contributed by atoms with E-state index < -0.39 is 0 Å². The van der Waals surface area contributed by atoms with E-state index in [0.29, 0.717) is 5.88 Å². The summed E-state index contributed by atoms with van der Waals surface area (Å²) in [4.78, 5) is 2.93. The molecule has 3 heteroatoms. The van der Waals surface area contributed by atoms with Crippen LogP contribution in [0.2, 0.25) is 0 Å². The Hall–Kier alpha value is 0.180. The van der Waals surface area contributed by atoms with Crippen LogP contribution in [0.25, 0.3) is 0 Å². The maximum absolute atomic E-state index is 5.47. The minimum Gasteiger partial charge on any atom is -0.372 e. The fourth-order valence-electron chi connectivity index (χ4n) is 0.442. The zero-order valence-electron chi connectivity index (χ0n) is 5.85. The first-order valence-electron chi connectivity index (χ1n) is 2.94. The Morgan fingerprint density at radius 2 is 2.11 bits per heavy atom. The van der Waals surface area contributed by atoms with Gasteiger partial charge in [0.25, 0.3) is 0 Å². The van der Waals surface area contributed by atoms with Crippen LogP contribution in [0, 0.1) is 0 Å². The minimum absolute atomic E-state index is 0.702. The van der Waals surface area contributed by atoms with Gasteiger partial charge >= 0.3 is 0 Å². The predicted molar refractivity (Wildman–Crippen MR) is 46.2 cm³/mol. The number of rotatable bonds is 3. The van der Waals surface area contributed by atoms with Gasteiger partial charge in [0.05, 0.1) is 4.99 Å². The minimum atomic E-state index is 0.702. The fourth-order valence-corrected chi connectivity index (χ4v) is 0.720. The average Bonchev–Trinajstić information content (AvgIpc) is 1.82. The lowest BCUT2D eigenvalue weighted by molar-refractivity contribution is 0.615. The Morgan fingerprint density at radius 1 is 1.56 bits per heavy atom. The average molecular weight is 166 g/mol. The van der Waals surface area contributed by atoms with Crippen LogP contribution >= 0.6 is 23.8 Å². The van der Waals surface area contributed by atoms with E-state index in [9.17, 15) is 0 Å². The van der Waals surface area contributed by atoms with Crippen LogP contribution in [-0.2, 0) is 0 Å². The Balaban J connectivity index is 3.28. The molecule has 0 aromatic heterocycles. The van der Waals surface area contributed by atoms with E-state index in [1.807, 2.05) is 19.0 Å². The topological polar surface area (TPSA) is 3.24 Å². The molecular formula is C6H12ClNS. The summed E-state index contributed by atoms with van der Waals surface area (Å²) in [6, 6.07) is 0. The Morgan fingerprint density at radius 3 is 2.44 bits per heavy atom. The standard InChI is InChI=1S/C6H12ClNS/c1-8(2)6(9)4-3-5-7/h3-5H2,1-2H3. The quantitative estimate of drug-likeness (QED) is 0.464. The summed E-state index contributed by atoms with van der Waals surface area (Å²) in [5.41, 5.74) is 0.